The summed E-state index contributed by atoms with van der Waals surface area (Å²) in [6, 6.07) is 0. The Morgan fingerprint density at radius 3 is 2.27 bits per heavy atom. The molecule has 1 aliphatic heterocycles. The molecule has 0 spiro atoms. The molecule has 1 atom stereocenters. The van der Waals surface area contributed by atoms with Crippen LogP contribution in [-0.2, 0) is 10.3 Å². The van der Waals surface area contributed by atoms with Gasteiger partial charge in [0.05, 0.1) is 0 Å². The first-order valence-electron chi connectivity index (χ1n) is 2.87. The topological polar surface area (TPSA) is 57.6 Å². The van der Waals surface area contributed by atoms with E-state index in [0.29, 0.717) is 0 Å². The zero-order chi connectivity index (χ0) is 7.78. The summed E-state index contributed by atoms with van der Waals surface area (Å²) in [6.07, 6.45) is -0.943. The third-order valence-corrected chi connectivity index (χ3v) is 2.40. The molecule has 11 heavy (non-hydrogen) atoms. The number of nitrogens with zero attached hydrogens (tertiary/aromatic N) is 1. The predicted octanol–water partition coefficient (Wildman–Crippen LogP) is 0.255. The molecular weight excluding hydrogens is 197 g/mol. The van der Waals surface area contributed by atoms with Crippen molar-refractivity contribution in [3.63, 3.8) is 0 Å². The molecule has 1 heterocycles. The fraction of sp³-hybridized carbons (Fsp3) is 1.00. The summed E-state index contributed by atoms with van der Waals surface area (Å²) in [6.45, 7) is -0.126. The van der Waals surface area contributed by atoms with Gasteiger partial charge in [-0.3, -0.25) is 4.55 Å². The number of hydrogen-bond acceptors (Lipinski definition) is 2. The van der Waals surface area contributed by atoms with Crippen LogP contribution in [0, 0.1) is 0 Å². The van der Waals surface area contributed by atoms with Crippen LogP contribution in [0.1, 0.15) is 6.42 Å². The Morgan fingerprint density at radius 1 is 1.55 bits per heavy atom. The quantitative estimate of drug-likeness (QED) is 0.625. The average molecular weight is 206 g/mol. The van der Waals surface area contributed by atoms with E-state index in [1.165, 1.54) is 0 Å². The normalized spacial score (nSPS) is 26.5. The highest BCUT2D eigenvalue weighted by atomic mass is 35.5. The van der Waals surface area contributed by atoms with Gasteiger partial charge >= 0.3 is 10.3 Å². The van der Waals surface area contributed by atoms with Crippen LogP contribution in [0.4, 0.5) is 4.39 Å². The summed E-state index contributed by atoms with van der Waals surface area (Å²) in [7, 11) is -4.14. The number of rotatable bonds is 1. The van der Waals surface area contributed by atoms with E-state index in [9.17, 15) is 12.8 Å². The summed E-state index contributed by atoms with van der Waals surface area (Å²) < 4.78 is 42.0. The lowest BCUT2D eigenvalue weighted by Crippen LogP contribution is -2.28. The average Bonchev–Trinajstić information content (AvgIpc) is 2.11. The van der Waals surface area contributed by atoms with Gasteiger partial charge in [0.2, 0.25) is 0 Å². The van der Waals surface area contributed by atoms with Crippen molar-refractivity contribution in [3.05, 3.63) is 0 Å². The van der Waals surface area contributed by atoms with Crippen molar-refractivity contribution in [1.29, 1.82) is 0 Å². The Kier molecular flexibility index (Phi) is 3.69. The minimum atomic E-state index is -4.14. The van der Waals surface area contributed by atoms with Crippen LogP contribution in [0.25, 0.3) is 0 Å². The molecule has 0 aromatic rings. The van der Waals surface area contributed by atoms with Gasteiger partial charge in [-0.15, -0.1) is 12.4 Å². The second-order valence-corrected chi connectivity index (χ2v) is 3.63. The monoisotopic (exact) mass is 205 g/mol. The van der Waals surface area contributed by atoms with Crippen molar-refractivity contribution in [3.8, 4) is 0 Å². The van der Waals surface area contributed by atoms with Crippen LogP contribution in [0.2, 0.25) is 0 Å². The van der Waals surface area contributed by atoms with E-state index in [1.54, 1.807) is 0 Å². The number of alkyl halides is 1. The van der Waals surface area contributed by atoms with E-state index in [4.69, 9.17) is 4.55 Å². The summed E-state index contributed by atoms with van der Waals surface area (Å²) in [4.78, 5) is 0. The van der Waals surface area contributed by atoms with Crippen LogP contribution in [0.15, 0.2) is 0 Å². The van der Waals surface area contributed by atoms with Gasteiger partial charge in [-0.1, -0.05) is 0 Å². The smallest absolute Gasteiger partial charge is 0.273 e. The Bertz CT molecular complexity index is 219. The highest BCUT2D eigenvalue weighted by molar-refractivity contribution is 7.83. The van der Waals surface area contributed by atoms with Gasteiger partial charge in [-0.05, 0) is 6.42 Å². The molecule has 0 unspecified atom stereocenters. The fourth-order valence-corrected chi connectivity index (χ4v) is 1.58. The molecule has 1 N–H and O–H groups in total. The van der Waals surface area contributed by atoms with E-state index >= 15 is 0 Å². The molecule has 0 aromatic heterocycles. The van der Waals surface area contributed by atoms with Crippen molar-refractivity contribution in [1.82, 2.24) is 4.31 Å². The number of hydrogen-bond donors (Lipinski definition) is 1. The first-order chi connectivity index (χ1) is 4.50. The van der Waals surface area contributed by atoms with Gasteiger partial charge in [0.1, 0.15) is 6.17 Å². The van der Waals surface area contributed by atoms with Crippen molar-refractivity contribution >= 4 is 22.7 Å². The molecule has 4 nitrogen and oxygen atoms in total. The molecule has 1 fully saturated rings. The van der Waals surface area contributed by atoms with Crippen molar-refractivity contribution in [2.24, 2.45) is 0 Å². The molecule has 1 aliphatic rings. The van der Waals surface area contributed by atoms with Crippen molar-refractivity contribution in [2.45, 2.75) is 12.6 Å². The largest absolute Gasteiger partial charge is 0.336 e. The minimum absolute atomic E-state index is 0. The summed E-state index contributed by atoms with van der Waals surface area (Å²) in [5.74, 6) is 0. The molecule has 68 valence electrons. The molecule has 0 saturated carbocycles. The Labute approximate surface area is 70.7 Å². The molecule has 0 bridgehead atoms. The van der Waals surface area contributed by atoms with E-state index in [2.05, 4.69) is 0 Å². The molecule has 0 aliphatic carbocycles. The summed E-state index contributed by atoms with van der Waals surface area (Å²) in [5.41, 5.74) is 0. The summed E-state index contributed by atoms with van der Waals surface area (Å²) in [5, 5.41) is 0. The van der Waals surface area contributed by atoms with E-state index in [0.717, 1.165) is 4.31 Å². The maximum atomic E-state index is 12.3. The molecule has 0 radical (unpaired) electrons. The highest BCUT2D eigenvalue weighted by Gasteiger charge is 2.29. The number of halogens is 2. The molecular formula is C4H9ClFNO3S. The highest BCUT2D eigenvalue weighted by Crippen LogP contribution is 2.14. The first-order valence-corrected chi connectivity index (χ1v) is 4.26. The zero-order valence-corrected chi connectivity index (χ0v) is 7.24. The Balaban J connectivity index is 0.000001000. The van der Waals surface area contributed by atoms with Crippen LogP contribution in [0.5, 0.6) is 0 Å². The van der Waals surface area contributed by atoms with Crippen LogP contribution in [-0.4, -0.2) is 36.5 Å². The molecule has 1 saturated heterocycles. The summed E-state index contributed by atoms with van der Waals surface area (Å²) >= 11 is 0. The van der Waals surface area contributed by atoms with Gasteiger partial charge in [-0.25, -0.2) is 4.39 Å². The van der Waals surface area contributed by atoms with Gasteiger partial charge < -0.3 is 0 Å². The molecule has 0 aromatic carbocycles. The Hall–Kier alpha value is 0.0900. The second-order valence-electron chi connectivity index (χ2n) is 2.22. The second kappa shape index (κ2) is 3.66. The lowest BCUT2D eigenvalue weighted by atomic mass is 10.4. The first kappa shape index (κ1) is 11.1. The van der Waals surface area contributed by atoms with Crippen LogP contribution in [0.3, 0.4) is 0 Å². The van der Waals surface area contributed by atoms with Crippen LogP contribution >= 0.6 is 12.4 Å². The Morgan fingerprint density at radius 2 is 2.09 bits per heavy atom. The van der Waals surface area contributed by atoms with E-state index in [-0.39, 0.29) is 31.9 Å². The maximum absolute atomic E-state index is 12.3. The minimum Gasteiger partial charge on any atom is -0.273 e. The lowest BCUT2D eigenvalue weighted by Gasteiger charge is -2.07. The fourth-order valence-electron chi connectivity index (χ4n) is 0.897. The lowest BCUT2D eigenvalue weighted by molar-refractivity contribution is 0.329. The predicted molar refractivity (Wildman–Crippen MR) is 39.9 cm³/mol. The molecule has 0 amide bonds. The van der Waals surface area contributed by atoms with Gasteiger partial charge in [0.25, 0.3) is 0 Å². The molecule has 1 rings (SSSR count). The molecule has 7 heteroatoms. The van der Waals surface area contributed by atoms with Gasteiger partial charge in [0, 0.05) is 13.1 Å². The maximum Gasteiger partial charge on any atom is 0.336 e. The van der Waals surface area contributed by atoms with Crippen molar-refractivity contribution < 1.29 is 17.4 Å². The van der Waals surface area contributed by atoms with E-state index in [1.807, 2.05) is 0 Å². The third-order valence-electron chi connectivity index (χ3n) is 1.42. The standard InChI is InChI=1S/C4H8FNO3S.ClH/c5-4-1-2-6(3-4)10(7,8)9;/h4H,1-3H2,(H,7,8,9);1H/t4-;/m1./s1. The van der Waals surface area contributed by atoms with E-state index < -0.39 is 16.5 Å². The third kappa shape index (κ3) is 2.90. The van der Waals surface area contributed by atoms with Gasteiger partial charge in [0.15, 0.2) is 0 Å². The van der Waals surface area contributed by atoms with Crippen LogP contribution < -0.4 is 0 Å². The van der Waals surface area contributed by atoms with Gasteiger partial charge in [-0.2, -0.15) is 12.7 Å². The SMILES string of the molecule is Cl.O=S(=O)(O)N1CC[C@@H](F)C1. The zero-order valence-electron chi connectivity index (χ0n) is 5.60. The van der Waals surface area contributed by atoms with Crippen molar-refractivity contribution in [2.75, 3.05) is 13.1 Å².